The average Bonchev–Trinajstić information content (AvgIpc) is 3.58. The first kappa shape index (κ1) is 33.5. The van der Waals surface area contributed by atoms with Crippen molar-refractivity contribution in [1.29, 1.82) is 0 Å². The van der Waals surface area contributed by atoms with E-state index in [9.17, 15) is 0 Å². The molecule has 10 rings (SSSR count). The molecule has 0 fully saturated rings. The molecular formula is C52H45N3. The van der Waals surface area contributed by atoms with E-state index in [4.69, 9.17) is 9.98 Å². The summed E-state index contributed by atoms with van der Waals surface area (Å²) in [6.07, 6.45) is 18.6. The van der Waals surface area contributed by atoms with Crippen molar-refractivity contribution in [2.75, 3.05) is 0 Å². The van der Waals surface area contributed by atoms with Crippen LogP contribution in [0.25, 0.3) is 49.8 Å². The number of allylic oxidation sites excluding steroid dienone is 7. The summed E-state index contributed by atoms with van der Waals surface area (Å²) in [7, 11) is 0. The number of benzene rings is 5. The first-order chi connectivity index (χ1) is 27.0. The molecule has 0 saturated heterocycles. The number of hydrogen-bond acceptors (Lipinski definition) is 2. The zero-order chi connectivity index (χ0) is 37.1. The van der Waals surface area contributed by atoms with E-state index < -0.39 is 0 Å². The van der Waals surface area contributed by atoms with Crippen LogP contribution < -0.4 is 0 Å². The fourth-order valence-corrected chi connectivity index (χ4v) is 9.34. The molecule has 0 bridgehead atoms. The van der Waals surface area contributed by atoms with Crippen LogP contribution in [0.1, 0.15) is 69.6 Å². The van der Waals surface area contributed by atoms with E-state index in [1.165, 1.54) is 66.5 Å². The number of hydrogen-bond donors (Lipinski definition) is 0. The van der Waals surface area contributed by atoms with E-state index in [2.05, 4.69) is 177 Å². The molecule has 6 aromatic rings. The van der Waals surface area contributed by atoms with Crippen LogP contribution in [0.15, 0.2) is 179 Å². The third-order valence-corrected chi connectivity index (χ3v) is 12.2. The maximum atomic E-state index is 5.58. The van der Waals surface area contributed by atoms with Gasteiger partial charge >= 0.3 is 0 Å². The molecule has 0 saturated carbocycles. The summed E-state index contributed by atoms with van der Waals surface area (Å²) >= 11 is 0. The average molecular weight is 712 g/mol. The van der Waals surface area contributed by atoms with Gasteiger partial charge in [0.15, 0.2) is 5.84 Å². The molecule has 0 radical (unpaired) electrons. The van der Waals surface area contributed by atoms with Crippen LogP contribution >= 0.6 is 0 Å². The van der Waals surface area contributed by atoms with Crippen LogP contribution in [0.5, 0.6) is 0 Å². The fourth-order valence-electron chi connectivity index (χ4n) is 9.34. The SMILES string of the molecule is CCC1C=C(C2=CC=CCC2)N=C(C2=CCCC(n3c4ccccc4c4cc5c(cc43)C(C)(C)c3ccccc3-5)=C2)N=C1c1cccc(-c2ccccc2)c1. The minimum absolute atomic E-state index is 0.0764. The molecule has 0 N–H and O–H groups in total. The Bertz CT molecular complexity index is 2760. The van der Waals surface area contributed by atoms with Crippen molar-refractivity contribution in [3.63, 3.8) is 0 Å². The minimum Gasteiger partial charge on any atom is -0.313 e. The smallest absolute Gasteiger partial charge is 0.159 e. The Morgan fingerprint density at radius 3 is 2.35 bits per heavy atom. The molecule has 3 nitrogen and oxygen atoms in total. The lowest BCUT2D eigenvalue weighted by Crippen LogP contribution is -2.16. The number of amidine groups is 1. The second-order valence-electron chi connectivity index (χ2n) is 15.9. The van der Waals surface area contributed by atoms with Gasteiger partial charge in [-0.15, -0.1) is 0 Å². The molecule has 4 aliphatic rings. The van der Waals surface area contributed by atoms with Gasteiger partial charge in [0.05, 0.1) is 22.4 Å². The van der Waals surface area contributed by atoms with E-state index >= 15 is 0 Å². The topological polar surface area (TPSA) is 29.6 Å². The summed E-state index contributed by atoms with van der Waals surface area (Å²) in [5, 5.41) is 2.59. The lowest BCUT2D eigenvalue weighted by molar-refractivity contribution is 0.661. The van der Waals surface area contributed by atoms with Crippen molar-refractivity contribution in [1.82, 2.24) is 4.57 Å². The largest absolute Gasteiger partial charge is 0.313 e. The fraction of sp³-hybridized carbons (Fsp3) is 0.192. The predicted octanol–water partition coefficient (Wildman–Crippen LogP) is 13.4. The van der Waals surface area contributed by atoms with Gasteiger partial charge < -0.3 is 4.57 Å². The van der Waals surface area contributed by atoms with Gasteiger partial charge in [-0.25, -0.2) is 9.98 Å². The molecule has 0 spiro atoms. The molecule has 0 amide bonds. The van der Waals surface area contributed by atoms with Crippen LogP contribution in [-0.4, -0.2) is 16.1 Å². The molecule has 1 unspecified atom stereocenters. The lowest BCUT2D eigenvalue weighted by atomic mass is 9.82. The Morgan fingerprint density at radius 1 is 0.691 bits per heavy atom. The van der Waals surface area contributed by atoms with Crippen molar-refractivity contribution in [2.24, 2.45) is 15.9 Å². The van der Waals surface area contributed by atoms with Gasteiger partial charge in [0.25, 0.3) is 0 Å². The van der Waals surface area contributed by atoms with Gasteiger partial charge in [-0.05, 0) is 113 Å². The van der Waals surface area contributed by atoms with Crippen molar-refractivity contribution in [2.45, 2.75) is 58.3 Å². The zero-order valence-electron chi connectivity index (χ0n) is 31.9. The highest BCUT2D eigenvalue weighted by atomic mass is 15.0. The third kappa shape index (κ3) is 5.64. The molecule has 5 aromatic carbocycles. The zero-order valence-corrected chi connectivity index (χ0v) is 31.9. The summed E-state index contributed by atoms with van der Waals surface area (Å²) in [5.41, 5.74) is 17.3. The van der Waals surface area contributed by atoms with Gasteiger partial charge in [-0.1, -0.05) is 136 Å². The Morgan fingerprint density at radius 2 is 1.49 bits per heavy atom. The van der Waals surface area contributed by atoms with Gasteiger partial charge in [0.2, 0.25) is 0 Å². The van der Waals surface area contributed by atoms with E-state index in [0.29, 0.717) is 0 Å². The first-order valence-corrected chi connectivity index (χ1v) is 20.0. The molecule has 1 aromatic heterocycles. The maximum absolute atomic E-state index is 5.58. The van der Waals surface area contributed by atoms with Crippen LogP contribution in [0.2, 0.25) is 0 Å². The van der Waals surface area contributed by atoms with Gasteiger partial charge in [-0.2, -0.15) is 0 Å². The van der Waals surface area contributed by atoms with E-state index in [0.717, 1.165) is 60.5 Å². The Kier molecular flexibility index (Phi) is 8.13. The number of aliphatic imine (C=N–C) groups is 2. The van der Waals surface area contributed by atoms with Crippen LogP contribution in [-0.2, 0) is 5.41 Å². The highest BCUT2D eigenvalue weighted by molar-refractivity contribution is 6.17. The second kappa shape index (κ2) is 13.4. The van der Waals surface area contributed by atoms with Gasteiger partial charge in [0.1, 0.15) is 0 Å². The Balaban J connectivity index is 1.14. The molecule has 1 atom stereocenters. The number of para-hydroxylation sites is 1. The summed E-state index contributed by atoms with van der Waals surface area (Å²) in [6, 6.07) is 42.4. The van der Waals surface area contributed by atoms with Crippen LogP contribution in [0, 0.1) is 5.92 Å². The number of nitrogens with zero attached hydrogens (tertiary/aromatic N) is 3. The Hall–Kier alpha value is -6.06. The summed E-state index contributed by atoms with van der Waals surface area (Å²) in [5.74, 6) is 0.932. The highest BCUT2D eigenvalue weighted by Crippen LogP contribution is 2.51. The quantitative estimate of drug-likeness (QED) is 0.165. The molecule has 268 valence electrons. The molecule has 2 heterocycles. The number of aromatic nitrogens is 1. The normalized spacial score (nSPS) is 18.8. The van der Waals surface area contributed by atoms with Gasteiger partial charge in [0, 0.05) is 33.4 Å². The lowest BCUT2D eigenvalue weighted by Gasteiger charge is -2.22. The molecule has 3 heteroatoms. The second-order valence-corrected chi connectivity index (χ2v) is 15.9. The third-order valence-electron chi connectivity index (χ3n) is 12.2. The van der Waals surface area contributed by atoms with Crippen LogP contribution in [0.3, 0.4) is 0 Å². The van der Waals surface area contributed by atoms with E-state index in [1.807, 2.05) is 0 Å². The maximum Gasteiger partial charge on any atom is 0.159 e. The van der Waals surface area contributed by atoms with E-state index in [-0.39, 0.29) is 11.3 Å². The number of fused-ring (bicyclic) bond motifs is 6. The molecule has 3 aliphatic carbocycles. The van der Waals surface area contributed by atoms with Gasteiger partial charge in [-0.3, -0.25) is 0 Å². The van der Waals surface area contributed by atoms with Crippen molar-refractivity contribution >= 4 is 39.1 Å². The van der Waals surface area contributed by atoms with E-state index in [1.54, 1.807) is 0 Å². The standard InChI is InChI=1S/C52H45N3/c1-4-34-31-47(36-19-9-6-10-20-36)53-51(54-50(34)38-22-15-21-37(29-38)35-17-7-5-8-18-35)39-23-16-24-40(30-39)55-48-28-14-12-26-42(48)44-32-43-41-25-11-13-27-45(41)52(2,3)46(43)33-49(44)55/h5-9,11-15,17-19,21-23,25-34H,4,10,16,20,24H2,1-3H3. The summed E-state index contributed by atoms with van der Waals surface area (Å²) in [6.45, 7) is 7.02. The van der Waals surface area contributed by atoms with Crippen molar-refractivity contribution in [3.05, 3.63) is 185 Å². The number of rotatable bonds is 6. The first-order valence-electron chi connectivity index (χ1n) is 20.0. The van der Waals surface area contributed by atoms with Crippen molar-refractivity contribution in [3.8, 4) is 22.3 Å². The van der Waals surface area contributed by atoms with Crippen molar-refractivity contribution < 1.29 is 0 Å². The predicted molar refractivity (Wildman–Crippen MR) is 233 cm³/mol. The highest BCUT2D eigenvalue weighted by Gasteiger charge is 2.36. The molecular weight excluding hydrogens is 667 g/mol. The monoisotopic (exact) mass is 711 g/mol. The Labute approximate surface area is 324 Å². The molecule has 55 heavy (non-hydrogen) atoms. The summed E-state index contributed by atoms with van der Waals surface area (Å²) in [4.78, 5) is 11.1. The van der Waals surface area contributed by atoms with Crippen LogP contribution in [0.4, 0.5) is 0 Å². The summed E-state index contributed by atoms with van der Waals surface area (Å²) < 4.78 is 2.53. The molecule has 1 aliphatic heterocycles. The minimum atomic E-state index is -0.0764.